The molecule has 18 heavy (non-hydrogen) atoms. The predicted octanol–water partition coefficient (Wildman–Crippen LogP) is 0.268. The van der Waals surface area contributed by atoms with Gasteiger partial charge in [-0.1, -0.05) is 0 Å². The van der Waals surface area contributed by atoms with Crippen LogP contribution in [0.4, 0.5) is 0 Å². The zero-order valence-corrected chi connectivity index (χ0v) is 10.6. The maximum Gasteiger partial charge on any atom is 0.334 e. The van der Waals surface area contributed by atoms with Crippen LogP contribution in [-0.2, 0) is 9.53 Å². The van der Waals surface area contributed by atoms with Crippen molar-refractivity contribution in [3.8, 4) is 0 Å². The van der Waals surface area contributed by atoms with Gasteiger partial charge in [-0.25, -0.2) is 14.8 Å². The summed E-state index contributed by atoms with van der Waals surface area (Å²) < 4.78 is 4.67. The van der Waals surface area contributed by atoms with Gasteiger partial charge in [-0.3, -0.25) is 4.79 Å². The molecule has 1 atom stereocenters. The SMILES string of the molecule is COC(CNC(=O)c1cc(C)nc(Cl)n1)C(=O)O. The minimum Gasteiger partial charge on any atom is -0.479 e. The average Bonchev–Trinajstić information content (AvgIpc) is 2.27. The summed E-state index contributed by atoms with van der Waals surface area (Å²) in [5, 5.41) is 11.1. The van der Waals surface area contributed by atoms with Gasteiger partial charge in [0.25, 0.3) is 5.91 Å². The van der Waals surface area contributed by atoms with Gasteiger partial charge in [0.2, 0.25) is 5.28 Å². The number of methoxy groups -OCH3 is 1. The highest BCUT2D eigenvalue weighted by molar-refractivity contribution is 6.28. The van der Waals surface area contributed by atoms with E-state index in [-0.39, 0.29) is 17.5 Å². The van der Waals surface area contributed by atoms with Gasteiger partial charge >= 0.3 is 5.97 Å². The van der Waals surface area contributed by atoms with Crippen LogP contribution in [0.15, 0.2) is 6.07 Å². The fourth-order valence-corrected chi connectivity index (χ4v) is 1.42. The number of aryl methyl sites for hydroxylation is 1. The first-order valence-electron chi connectivity index (χ1n) is 4.99. The minimum absolute atomic E-state index is 0.0401. The molecule has 1 aromatic heterocycles. The molecular formula is C10H12ClN3O4. The number of carboxylic acid groups (broad SMARTS) is 1. The molecule has 0 saturated carbocycles. The molecule has 0 aromatic carbocycles. The van der Waals surface area contributed by atoms with E-state index in [0.717, 1.165) is 0 Å². The standard InChI is InChI=1S/C10H12ClN3O4/c1-5-3-6(14-10(11)13-5)8(15)12-4-7(18-2)9(16)17/h3,7H,4H2,1-2H3,(H,12,15)(H,16,17). The molecule has 0 bridgehead atoms. The Labute approximate surface area is 108 Å². The van der Waals surface area contributed by atoms with Crippen LogP contribution in [0.5, 0.6) is 0 Å². The lowest BCUT2D eigenvalue weighted by molar-refractivity contribution is -0.148. The molecule has 0 saturated heterocycles. The Morgan fingerprint density at radius 1 is 1.56 bits per heavy atom. The van der Waals surface area contributed by atoms with Crippen molar-refractivity contribution >= 4 is 23.5 Å². The van der Waals surface area contributed by atoms with Crippen molar-refractivity contribution in [3.63, 3.8) is 0 Å². The third-order valence-electron chi connectivity index (χ3n) is 2.07. The topological polar surface area (TPSA) is 101 Å². The van der Waals surface area contributed by atoms with Gasteiger partial charge in [0.1, 0.15) is 5.69 Å². The van der Waals surface area contributed by atoms with Crippen LogP contribution in [0.25, 0.3) is 0 Å². The lowest BCUT2D eigenvalue weighted by atomic mass is 10.3. The Morgan fingerprint density at radius 2 is 2.22 bits per heavy atom. The first-order chi connectivity index (χ1) is 8.43. The molecule has 8 heteroatoms. The van der Waals surface area contributed by atoms with Crippen LogP contribution in [0.3, 0.4) is 0 Å². The largest absolute Gasteiger partial charge is 0.479 e. The number of hydrogen-bond donors (Lipinski definition) is 2. The van der Waals surface area contributed by atoms with Crippen molar-refractivity contribution in [1.82, 2.24) is 15.3 Å². The van der Waals surface area contributed by atoms with E-state index >= 15 is 0 Å². The van der Waals surface area contributed by atoms with Gasteiger partial charge in [-0.15, -0.1) is 0 Å². The number of rotatable bonds is 5. The fraction of sp³-hybridized carbons (Fsp3) is 0.400. The third kappa shape index (κ3) is 3.94. The molecule has 0 spiro atoms. The van der Waals surface area contributed by atoms with Crippen LogP contribution >= 0.6 is 11.6 Å². The van der Waals surface area contributed by atoms with E-state index in [1.807, 2.05) is 0 Å². The number of carbonyl (C=O) groups excluding carboxylic acids is 1. The highest BCUT2D eigenvalue weighted by Gasteiger charge is 2.18. The number of carboxylic acids is 1. The molecule has 0 radical (unpaired) electrons. The molecule has 1 unspecified atom stereocenters. The van der Waals surface area contributed by atoms with Crippen molar-refractivity contribution in [2.24, 2.45) is 0 Å². The Kier molecular flexibility index (Phi) is 4.99. The van der Waals surface area contributed by atoms with E-state index in [4.69, 9.17) is 16.7 Å². The lowest BCUT2D eigenvalue weighted by Gasteiger charge is -2.11. The van der Waals surface area contributed by atoms with Crippen LogP contribution < -0.4 is 5.32 Å². The Morgan fingerprint density at radius 3 is 2.72 bits per heavy atom. The third-order valence-corrected chi connectivity index (χ3v) is 2.24. The molecule has 7 nitrogen and oxygen atoms in total. The lowest BCUT2D eigenvalue weighted by Crippen LogP contribution is -2.38. The van der Waals surface area contributed by atoms with Crippen molar-refractivity contribution < 1.29 is 19.4 Å². The summed E-state index contributed by atoms with van der Waals surface area (Å²) in [4.78, 5) is 29.9. The minimum atomic E-state index is -1.16. The molecule has 1 amide bonds. The maximum atomic E-state index is 11.7. The van der Waals surface area contributed by atoms with E-state index in [0.29, 0.717) is 5.69 Å². The molecule has 0 aliphatic carbocycles. The molecule has 1 aromatic rings. The summed E-state index contributed by atoms with van der Waals surface area (Å²) in [6.07, 6.45) is -1.10. The van der Waals surface area contributed by atoms with Crippen molar-refractivity contribution in [1.29, 1.82) is 0 Å². The maximum absolute atomic E-state index is 11.7. The average molecular weight is 274 g/mol. The highest BCUT2D eigenvalue weighted by Crippen LogP contribution is 2.05. The van der Waals surface area contributed by atoms with Crippen LogP contribution in [0.1, 0.15) is 16.2 Å². The normalized spacial score (nSPS) is 11.9. The second kappa shape index (κ2) is 6.27. The van der Waals surface area contributed by atoms with Crippen molar-refractivity contribution in [2.75, 3.05) is 13.7 Å². The molecule has 0 aliphatic rings. The van der Waals surface area contributed by atoms with E-state index in [9.17, 15) is 9.59 Å². The van der Waals surface area contributed by atoms with Crippen LogP contribution in [0, 0.1) is 6.92 Å². The Hall–Kier alpha value is -1.73. The molecule has 2 N–H and O–H groups in total. The summed E-state index contributed by atoms with van der Waals surface area (Å²) >= 11 is 5.61. The Bertz CT molecular complexity index is 446. The van der Waals surface area contributed by atoms with Crippen LogP contribution in [-0.4, -0.2) is 46.7 Å². The molecule has 0 fully saturated rings. The van der Waals surface area contributed by atoms with Crippen molar-refractivity contribution in [2.45, 2.75) is 13.0 Å². The molecular weight excluding hydrogens is 262 g/mol. The summed E-state index contributed by atoms with van der Waals surface area (Å²) in [5.41, 5.74) is 0.620. The number of halogens is 1. The van der Waals surface area contributed by atoms with E-state index in [1.54, 1.807) is 6.92 Å². The number of nitrogens with zero attached hydrogens (tertiary/aromatic N) is 2. The first-order valence-corrected chi connectivity index (χ1v) is 5.37. The molecule has 0 aliphatic heterocycles. The number of aliphatic carboxylic acids is 1. The van der Waals surface area contributed by atoms with Gasteiger partial charge in [0.15, 0.2) is 6.10 Å². The van der Waals surface area contributed by atoms with E-state index < -0.39 is 18.0 Å². The molecule has 1 heterocycles. The predicted molar refractivity (Wildman–Crippen MR) is 62.5 cm³/mol. The van der Waals surface area contributed by atoms with Gasteiger partial charge in [0, 0.05) is 12.8 Å². The zero-order chi connectivity index (χ0) is 13.7. The summed E-state index contributed by atoms with van der Waals surface area (Å²) in [7, 11) is 1.25. The Balaban J connectivity index is 2.68. The quantitative estimate of drug-likeness (QED) is 0.747. The summed E-state index contributed by atoms with van der Waals surface area (Å²) in [5.74, 6) is -1.69. The molecule has 1 rings (SSSR count). The number of carbonyl (C=O) groups is 2. The summed E-state index contributed by atoms with van der Waals surface area (Å²) in [6.45, 7) is 1.50. The van der Waals surface area contributed by atoms with Gasteiger partial charge in [-0.05, 0) is 24.6 Å². The van der Waals surface area contributed by atoms with Gasteiger partial charge < -0.3 is 15.2 Å². The summed E-state index contributed by atoms with van der Waals surface area (Å²) in [6, 6.07) is 1.45. The fourth-order valence-electron chi connectivity index (χ4n) is 1.20. The van der Waals surface area contributed by atoms with E-state index in [2.05, 4.69) is 20.0 Å². The highest BCUT2D eigenvalue weighted by atomic mass is 35.5. The first kappa shape index (κ1) is 14.3. The number of amides is 1. The second-order valence-corrected chi connectivity index (χ2v) is 3.77. The van der Waals surface area contributed by atoms with Crippen LogP contribution in [0.2, 0.25) is 5.28 Å². The molecule has 98 valence electrons. The number of nitrogens with one attached hydrogen (secondary N) is 1. The second-order valence-electron chi connectivity index (χ2n) is 3.44. The number of ether oxygens (including phenoxy) is 1. The smallest absolute Gasteiger partial charge is 0.334 e. The monoisotopic (exact) mass is 273 g/mol. The van der Waals surface area contributed by atoms with Gasteiger partial charge in [-0.2, -0.15) is 0 Å². The van der Waals surface area contributed by atoms with Gasteiger partial charge in [0.05, 0.1) is 6.54 Å². The number of aromatic nitrogens is 2. The van der Waals surface area contributed by atoms with E-state index in [1.165, 1.54) is 13.2 Å². The zero-order valence-electron chi connectivity index (χ0n) is 9.81. The van der Waals surface area contributed by atoms with Crippen molar-refractivity contribution in [3.05, 3.63) is 22.7 Å². The number of hydrogen-bond acceptors (Lipinski definition) is 5.